The highest BCUT2D eigenvalue weighted by Gasteiger charge is 2.54. The fraction of sp³-hybridized carbons (Fsp3) is 0.263. The van der Waals surface area contributed by atoms with Gasteiger partial charge in [0, 0.05) is 28.9 Å². The van der Waals surface area contributed by atoms with Gasteiger partial charge in [-0.05, 0) is 17.7 Å². The van der Waals surface area contributed by atoms with Crippen molar-refractivity contribution in [1.29, 1.82) is 0 Å². The number of carbonyl (C=O) groups excluding carboxylic acids is 3. The summed E-state index contributed by atoms with van der Waals surface area (Å²) in [5.41, 5.74) is 7.00. The summed E-state index contributed by atoms with van der Waals surface area (Å²) in [6.45, 7) is 0.345. The number of nitrogens with one attached hydrogen (secondary N) is 1. The summed E-state index contributed by atoms with van der Waals surface area (Å²) < 4.78 is 7.57. The molecule has 180 valence electrons. The molecule has 3 aromatic heterocycles. The van der Waals surface area contributed by atoms with Gasteiger partial charge in [0.05, 0.1) is 6.20 Å². The number of oxime groups is 1. The molecule has 3 N–H and O–H groups in total. The van der Waals surface area contributed by atoms with Gasteiger partial charge in [-0.15, -0.1) is 16.3 Å². The lowest BCUT2D eigenvalue weighted by molar-refractivity contribution is -0.662. The van der Waals surface area contributed by atoms with Crippen LogP contribution in [0, 0.1) is 0 Å². The number of nitrogens with two attached hydrogens (primary N) is 1. The molecule has 0 aliphatic carbocycles. The van der Waals surface area contributed by atoms with Crippen molar-refractivity contribution in [3.8, 4) is 0 Å². The zero-order chi connectivity index (χ0) is 24.7. The normalized spacial score (nSPS) is 20.0. The van der Waals surface area contributed by atoms with Gasteiger partial charge in [0.15, 0.2) is 11.3 Å². The van der Waals surface area contributed by atoms with Crippen LogP contribution in [0.3, 0.4) is 0 Å². The first-order valence-electron chi connectivity index (χ1n) is 10.1. The maximum Gasteiger partial charge on any atom is 0.307 e. The maximum atomic E-state index is 13.0. The van der Waals surface area contributed by atoms with Crippen LogP contribution < -0.4 is 15.6 Å². The minimum absolute atomic E-state index is 0.0168. The van der Waals surface area contributed by atoms with Crippen molar-refractivity contribution in [2.24, 2.45) is 5.16 Å². The van der Waals surface area contributed by atoms with Crippen molar-refractivity contribution in [2.75, 3.05) is 18.6 Å². The number of hydrogen-bond donors (Lipinski definition) is 2. The first-order valence-corrected chi connectivity index (χ1v) is 12.3. The van der Waals surface area contributed by atoms with Crippen LogP contribution in [0.4, 0.5) is 5.13 Å². The second-order valence-corrected chi connectivity index (χ2v) is 9.65. The third-order valence-corrected chi connectivity index (χ3v) is 7.43. The highest BCUT2D eigenvalue weighted by molar-refractivity contribution is 8.00. The molecule has 35 heavy (non-hydrogen) atoms. The van der Waals surface area contributed by atoms with Gasteiger partial charge in [0.25, 0.3) is 17.1 Å². The monoisotopic (exact) mass is 534 g/mol. The number of amides is 2. The first-order chi connectivity index (χ1) is 16.9. The summed E-state index contributed by atoms with van der Waals surface area (Å²) in [6.07, 6.45) is 5.29. The average Bonchev–Trinajstić information content (AvgIpc) is 3.46. The number of anilines is 1. The van der Waals surface area contributed by atoms with Gasteiger partial charge in [0.2, 0.25) is 11.5 Å². The van der Waals surface area contributed by atoms with Crippen LogP contribution >= 0.6 is 34.9 Å². The van der Waals surface area contributed by atoms with Crippen LogP contribution in [0.15, 0.2) is 47.1 Å². The Kier molecular flexibility index (Phi) is 6.12. The molecule has 5 heterocycles. The Morgan fingerprint density at radius 2 is 2.29 bits per heavy atom. The lowest BCUT2D eigenvalue weighted by Crippen LogP contribution is -2.71. The summed E-state index contributed by atoms with van der Waals surface area (Å²) in [7, 11) is 1.27. The standard InChI is InChI=1S/C19H16ClN9O4S2/c1-33-25-11(15-24-19(21)35-26-15)16(31)23-12-17(32)29-13(14(20)30)9(8-34-18(12)29)7-27-5-6-28-10(27)3-2-4-22-28/h2-6,12,18H,7-8H2,1H3,(H2-,21,23,24,26,31)/p+1. The quantitative estimate of drug-likeness (QED) is 0.134. The van der Waals surface area contributed by atoms with Gasteiger partial charge in [-0.25, -0.2) is 4.57 Å². The van der Waals surface area contributed by atoms with E-state index in [4.69, 9.17) is 22.2 Å². The van der Waals surface area contributed by atoms with E-state index in [1.807, 2.05) is 22.9 Å². The lowest BCUT2D eigenvalue weighted by atomic mass is 10.0. The molecule has 2 aliphatic rings. The van der Waals surface area contributed by atoms with E-state index in [1.165, 1.54) is 23.8 Å². The van der Waals surface area contributed by atoms with Crippen molar-refractivity contribution in [3.05, 3.63) is 47.8 Å². The molecule has 0 radical (unpaired) electrons. The summed E-state index contributed by atoms with van der Waals surface area (Å²) in [5, 5.41) is 9.43. The number of carbonyl (C=O) groups is 3. The molecule has 0 spiro atoms. The summed E-state index contributed by atoms with van der Waals surface area (Å²) in [5.74, 6) is -0.757. The molecule has 0 bridgehead atoms. The molecular weight excluding hydrogens is 518 g/mol. The molecular formula is C19H17ClN9O4S2+. The Bertz CT molecular complexity index is 1420. The number of nitrogens with zero attached hydrogens (tertiary/aromatic N) is 7. The first kappa shape index (κ1) is 23.2. The zero-order valence-corrected chi connectivity index (χ0v) is 20.4. The number of fused-ring (bicyclic) bond motifs is 2. The van der Waals surface area contributed by atoms with Crippen LogP contribution in [0.2, 0.25) is 0 Å². The number of rotatable bonds is 7. The molecule has 0 saturated carbocycles. The van der Waals surface area contributed by atoms with Crippen molar-refractivity contribution < 1.29 is 23.8 Å². The fourth-order valence-corrected chi connectivity index (χ4v) is 5.87. The number of halogens is 1. The fourth-order valence-electron chi connectivity index (χ4n) is 3.88. The average molecular weight is 535 g/mol. The van der Waals surface area contributed by atoms with Gasteiger partial charge >= 0.3 is 5.65 Å². The summed E-state index contributed by atoms with van der Waals surface area (Å²) >= 11 is 8.23. The van der Waals surface area contributed by atoms with E-state index in [0.29, 0.717) is 17.9 Å². The van der Waals surface area contributed by atoms with E-state index < -0.39 is 28.5 Å². The van der Waals surface area contributed by atoms with Crippen LogP contribution in [0.5, 0.6) is 0 Å². The minimum Gasteiger partial charge on any atom is -0.398 e. The van der Waals surface area contributed by atoms with E-state index in [1.54, 1.807) is 16.9 Å². The number of thioether (sulfide) groups is 1. The Balaban J connectivity index is 1.37. The zero-order valence-electron chi connectivity index (χ0n) is 18.0. The predicted octanol–water partition coefficient (Wildman–Crippen LogP) is -0.474. The molecule has 13 nitrogen and oxygen atoms in total. The van der Waals surface area contributed by atoms with Crippen molar-refractivity contribution in [1.82, 2.24) is 29.2 Å². The lowest BCUT2D eigenvalue weighted by Gasteiger charge is -2.49. The highest BCUT2D eigenvalue weighted by Crippen LogP contribution is 2.41. The van der Waals surface area contributed by atoms with Crippen LogP contribution in [0.1, 0.15) is 5.82 Å². The molecule has 3 aromatic rings. The van der Waals surface area contributed by atoms with Crippen LogP contribution in [0.25, 0.3) is 5.65 Å². The SMILES string of the molecule is CON=C(C(=O)NC1C(=O)N2C(C(=O)Cl)=C(C[n+]3ccn4ncccc43)CSC12)c1nsc(N)n1. The summed E-state index contributed by atoms with van der Waals surface area (Å²) in [6, 6.07) is 2.80. The van der Waals surface area contributed by atoms with E-state index in [2.05, 4.69) is 24.9 Å². The molecule has 0 aromatic carbocycles. The molecule has 2 atom stereocenters. The Hall–Kier alpha value is -3.56. The van der Waals surface area contributed by atoms with E-state index in [0.717, 1.165) is 17.2 Å². The van der Waals surface area contributed by atoms with Gasteiger partial charge in [-0.1, -0.05) is 10.3 Å². The molecule has 1 saturated heterocycles. The van der Waals surface area contributed by atoms with Gasteiger partial charge in [0.1, 0.15) is 37.0 Å². The number of imidazole rings is 1. The second kappa shape index (κ2) is 9.24. The number of β-lactam (4-membered cyclic amide) rings is 1. The molecule has 2 unspecified atom stereocenters. The largest absolute Gasteiger partial charge is 0.398 e. The number of aromatic nitrogens is 5. The van der Waals surface area contributed by atoms with Crippen molar-refractivity contribution in [3.63, 3.8) is 0 Å². The van der Waals surface area contributed by atoms with Crippen molar-refractivity contribution in [2.45, 2.75) is 18.0 Å². The Morgan fingerprint density at radius 1 is 1.46 bits per heavy atom. The molecule has 16 heteroatoms. The third kappa shape index (κ3) is 4.11. The molecule has 2 amide bonds. The van der Waals surface area contributed by atoms with Gasteiger partial charge in [-0.3, -0.25) is 19.3 Å². The molecule has 5 rings (SSSR count). The van der Waals surface area contributed by atoms with Crippen LogP contribution in [-0.4, -0.2) is 70.9 Å². The van der Waals surface area contributed by atoms with Crippen LogP contribution in [-0.2, 0) is 25.8 Å². The number of allylic oxidation sites excluding steroid dienone is 1. The molecule has 1 fully saturated rings. The van der Waals surface area contributed by atoms with Gasteiger partial charge in [-0.2, -0.15) is 9.36 Å². The Morgan fingerprint density at radius 3 is 3.00 bits per heavy atom. The van der Waals surface area contributed by atoms with E-state index in [-0.39, 0.29) is 22.4 Å². The number of hydrogen-bond acceptors (Lipinski definition) is 11. The second-order valence-electron chi connectivity index (χ2n) is 7.42. The summed E-state index contributed by atoms with van der Waals surface area (Å²) in [4.78, 5) is 48.3. The topological polar surface area (TPSA) is 161 Å². The van der Waals surface area contributed by atoms with Crippen molar-refractivity contribution >= 4 is 68.4 Å². The van der Waals surface area contributed by atoms with E-state index in [9.17, 15) is 14.4 Å². The molecule has 2 aliphatic heterocycles. The van der Waals surface area contributed by atoms with Gasteiger partial charge < -0.3 is 15.9 Å². The maximum absolute atomic E-state index is 13.0. The predicted molar refractivity (Wildman–Crippen MR) is 126 cm³/mol. The third-order valence-electron chi connectivity index (χ3n) is 5.37. The highest BCUT2D eigenvalue weighted by atomic mass is 35.5. The van der Waals surface area contributed by atoms with E-state index >= 15 is 0 Å². The smallest absolute Gasteiger partial charge is 0.307 e. The Labute approximate surface area is 210 Å². The minimum atomic E-state index is -0.898. The number of nitrogen functional groups attached to an aromatic ring is 1.